The van der Waals surface area contributed by atoms with Crippen LogP contribution in [-0.2, 0) is 10.5 Å². The van der Waals surface area contributed by atoms with Crippen molar-refractivity contribution in [3.8, 4) is 11.5 Å². The lowest BCUT2D eigenvalue weighted by Crippen LogP contribution is -2.39. The standard InChI is InChI=1S/C20H23ClFNO3S/c1-3-17(26-19-10-5-4-9-18(19)25-2)20(24)23-11-12-27-13-14-15(21)7-6-8-16(14)22/h4-10,17H,3,11-13H2,1-2H3,(H,23,24)/t17-/m0/s1. The smallest absolute Gasteiger partial charge is 0.261 e. The van der Waals surface area contributed by atoms with E-state index in [2.05, 4.69) is 5.32 Å². The molecular formula is C20H23ClFNO3S. The van der Waals surface area contributed by atoms with Crippen molar-refractivity contribution in [3.05, 3.63) is 58.9 Å². The Balaban J connectivity index is 1.78. The number of hydrogen-bond donors (Lipinski definition) is 1. The van der Waals surface area contributed by atoms with Crippen molar-refractivity contribution in [2.24, 2.45) is 0 Å². The second kappa shape index (κ2) is 11.0. The van der Waals surface area contributed by atoms with Gasteiger partial charge >= 0.3 is 0 Å². The quantitative estimate of drug-likeness (QED) is 0.576. The lowest BCUT2D eigenvalue weighted by Gasteiger charge is -2.18. The Bertz CT molecular complexity index is 740. The number of carbonyl (C=O) groups excluding carboxylic acids is 1. The Hall–Kier alpha value is -1.92. The minimum atomic E-state index is -0.604. The molecule has 2 aromatic rings. The van der Waals surface area contributed by atoms with Crippen LogP contribution in [0.15, 0.2) is 42.5 Å². The summed E-state index contributed by atoms with van der Waals surface area (Å²) in [5, 5.41) is 3.27. The largest absolute Gasteiger partial charge is 0.493 e. The first-order valence-corrected chi connectivity index (χ1v) is 10.2. The van der Waals surface area contributed by atoms with Crippen molar-refractivity contribution in [1.29, 1.82) is 0 Å². The van der Waals surface area contributed by atoms with Crippen molar-refractivity contribution in [2.45, 2.75) is 25.2 Å². The molecule has 2 aromatic carbocycles. The van der Waals surface area contributed by atoms with Gasteiger partial charge in [-0.2, -0.15) is 11.8 Å². The van der Waals surface area contributed by atoms with E-state index in [0.717, 1.165) is 0 Å². The van der Waals surface area contributed by atoms with Gasteiger partial charge in [0.25, 0.3) is 5.91 Å². The number of ether oxygens (including phenoxy) is 2. The van der Waals surface area contributed by atoms with Gasteiger partial charge in [0, 0.05) is 28.6 Å². The molecule has 0 aliphatic carbocycles. The van der Waals surface area contributed by atoms with Crippen LogP contribution in [-0.4, -0.2) is 31.4 Å². The Labute approximate surface area is 168 Å². The molecule has 146 valence electrons. The molecule has 0 aliphatic heterocycles. The number of hydrogen-bond acceptors (Lipinski definition) is 4. The van der Waals surface area contributed by atoms with Crippen LogP contribution in [0.5, 0.6) is 11.5 Å². The molecule has 2 rings (SSSR count). The van der Waals surface area contributed by atoms with Crippen molar-refractivity contribution in [2.75, 3.05) is 19.4 Å². The average Bonchev–Trinajstić information content (AvgIpc) is 2.67. The molecule has 1 N–H and O–H groups in total. The van der Waals surface area contributed by atoms with Gasteiger partial charge in [-0.15, -0.1) is 0 Å². The van der Waals surface area contributed by atoms with Crippen LogP contribution < -0.4 is 14.8 Å². The van der Waals surface area contributed by atoms with Crippen LogP contribution in [0.4, 0.5) is 4.39 Å². The molecule has 0 saturated carbocycles. The first-order valence-electron chi connectivity index (χ1n) is 8.64. The van der Waals surface area contributed by atoms with Gasteiger partial charge in [-0.3, -0.25) is 4.79 Å². The number of para-hydroxylation sites is 2. The third kappa shape index (κ3) is 6.33. The average molecular weight is 412 g/mol. The summed E-state index contributed by atoms with van der Waals surface area (Å²) in [5.74, 6) is 1.72. The fraction of sp³-hybridized carbons (Fsp3) is 0.350. The number of methoxy groups -OCH3 is 1. The third-order valence-corrected chi connectivity index (χ3v) is 5.19. The Morgan fingerprint density at radius 2 is 1.96 bits per heavy atom. The molecule has 0 saturated heterocycles. The summed E-state index contributed by atoms with van der Waals surface area (Å²) >= 11 is 7.51. The topological polar surface area (TPSA) is 47.6 Å². The zero-order valence-electron chi connectivity index (χ0n) is 15.3. The number of halogens is 2. The molecule has 27 heavy (non-hydrogen) atoms. The summed E-state index contributed by atoms with van der Waals surface area (Å²) in [6.07, 6.45) is -0.0747. The van der Waals surface area contributed by atoms with E-state index < -0.39 is 6.10 Å². The molecule has 1 atom stereocenters. The fourth-order valence-electron chi connectivity index (χ4n) is 2.40. The fourth-order valence-corrected chi connectivity index (χ4v) is 3.59. The van der Waals surface area contributed by atoms with Crippen molar-refractivity contribution >= 4 is 29.3 Å². The monoisotopic (exact) mass is 411 g/mol. The molecule has 0 radical (unpaired) electrons. The van der Waals surface area contributed by atoms with Gasteiger partial charge < -0.3 is 14.8 Å². The first kappa shape index (κ1) is 21.4. The van der Waals surface area contributed by atoms with Crippen LogP contribution in [0.25, 0.3) is 0 Å². The van der Waals surface area contributed by atoms with E-state index >= 15 is 0 Å². The number of carbonyl (C=O) groups is 1. The third-order valence-electron chi connectivity index (χ3n) is 3.86. The highest BCUT2D eigenvalue weighted by Crippen LogP contribution is 2.27. The van der Waals surface area contributed by atoms with Gasteiger partial charge in [-0.25, -0.2) is 4.39 Å². The molecule has 0 aliphatic rings. The molecule has 7 heteroatoms. The minimum Gasteiger partial charge on any atom is -0.493 e. The van der Waals surface area contributed by atoms with Gasteiger partial charge in [0.2, 0.25) is 0 Å². The van der Waals surface area contributed by atoms with E-state index in [-0.39, 0.29) is 11.7 Å². The molecule has 0 spiro atoms. The second-order valence-corrected chi connectivity index (χ2v) is 7.22. The maximum atomic E-state index is 13.7. The van der Waals surface area contributed by atoms with Crippen LogP contribution in [0.1, 0.15) is 18.9 Å². The number of amides is 1. The second-order valence-electron chi connectivity index (χ2n) is 5.71. The Morgan fingerprint density at radius 3 is 2.63 bits per heavy atom. The van der Waals surface area contributed by atoms with Crippen molar-refractivity contribution in [1.82, 2.24) is 5.32 Å². The highest BCUT2D eigenvalue weighted by Gasteiger charge is 2.19. The van der Waals surface area contributed by atoms with E-state index in [1.54, 1.807) is 31.4 Å². The lowest BCUT2D eigenvalue weighted by atomic mass is 10.2. The van der Waals surface area contributed by atoms with Gasteiger partial charge in [0.15, 0.2) is 17.6 Å². The molecule has 0 heterocycles. The predicted octanol–water partition coefficient (Wildman–Crippen LogP) is 4.69. The number of thioether (sulfide) groups is 1. The summed E-state index contributed by atoms with van der Waals surface area (Å²) in [7, 11) is 1.56. The van der Waals surface area contributed by atoms with Crippen LogP contribution in [0.2, 0.25) is 5.02 Å². The molecule has 0 unspecified atom stereocenters. The van der Waals surface area contributed by atoms with Crippen molar-refractivity contribution < 1.29 is 18.7 Å². The lowest BCUT2D eigenvalue weighted by molar-refractivity contribution is -0.128. The normalized spacial score (nSPS) is 11.7. The van der Waals surface area contributed by atoms with E-state index in [0.29, 0.717) is 46.6 Å². The maximum Gasteiger partial charge on any atom is 0.261 e. The van der Waals surface area contributed by atoms with Crippen molar-refractivity contribution in [3.63, 3.8) is 0 Å². The van der Waals surface area contributed by atoms with Crippen LogP contribution >= 0.6 is 23.4 Å². The molecule has 0 bridgehead atoms. The van der Waals surface area contributed by atoms with E-state index in [1.165, 1.54) is 17.8 Å². The minimum absolute atomic E-state index is 0.187. The molecule has 0 fully saturated rings. The van der Waals surface area contributed by atoms with E-state index in [1.807, 2.05) is 19.1 Å². The highest BCUT2D eigenvalue weighted by molar-refractivity contribution is 7.98. The zero-order valence-corrected chi connectivity index (χ0v) is 16.9. The highest BCUT2D eigenvalue weighted by atomic mass is 35.5. The summed E-state index contributed by atoms with van der Waals surface area (Å²) in [6, 6.07) is 11.9. The number of benzene rings is 2. The van der Waals surface area contributed by atoms with E-state index in [4.69, 9.17) is 21.1 Å². The Kier molecular flexibility index (Phi) is 8.75. The summed E-state index contributed by atoms with van der Waals surface area (Å²) < 4.78 is 24.8. The van der Waals surface area contributed by atoms with Gasteiger partial charge in [-0.05, 0) is 30.7 Å². The Morgan fingerprint density at radius 1 is 1.22 bits per heavy atom. The SMILES string of the molecule is CC[C@H](Oc1ccccc1OC)C(=O)NCCSCc1c(F)cccc1Cl. The van der Waals surface area contributed by atoms with Gasteiger partial charge in [0.1, 0.15) is 5.82 Å². The maximum absolute atomic E-state index is 13.7. The molecular weight excluding hydrogens is 389 g/mol. The van der Waals surface area contributed by atoms with Gasteiger partial charge in [0.05, 0.1) is 7.11 Å². The number of rotatable bonds is 10. The molecule has 1 amide bonds. The molecule has 0 aromatic heterocycles. The summed E-state index contributed by atoms with van der Waals surface area (Å²) in [5.41, 5.74) is 0.487. The molecule has 4 nitrogen and oxygen atoms in total. The van der Waals surface area contributed by atoms with Crippen LogP contribution in [0, 0.1) is 5.82 Å². The van der Waals surface area contributed by atoms with Gasteiger partial charge in [-0.1, -0.05) is 36.7 Å². The zero-order chi connectivity index (χ0) is 19.6. The number of nitrogens with one attached hydrogen (secondary N) is 1. The predicted molar refractivity (Wildman–Crippen MR) is 108 cm³/mol. The summed E-state index contributed by atoms with van der Waals surface area (Å²) in [6.45, 7) is 2.34. The first-order chi connectivity index (χ1) is 13.1. The summed E-state index contributed by atoms with van der Waals surface area (Å²) in [4.78, 5) is 12.4. The van der Waals surface area contributed by atoms with E-state index in [9.17, 15) is 9.18 Å². The van der Waals surface area contributed by atoms with Crippen LogP contribution in [0.3, 0.4) is 0 Å².